The van der Waals surface area contributed by atoms with E-state index in [-0.39, 0.29) is 24.1 Å². The second kappa shape index (κ2) is 9.89. The first-order chi connectivity index (χ1) is 17.3. The fourth-order valence-corrected chi connectivity index (χ4v) is 4.65. The number of nitrogens with one attached hydrogen (secondary N) is 1. The molecule has 36 heavy (non-hydrogen) atoms. The van der Waals surface area contributed by atoms with Crippen molar-refractivity contribution in [3.05, 3.63) is 99.4 Å². The van der Waals surface area contributed by atoms with Crippen LogP contribution in [0.25, 0.3) is 11.1 Å². The lowest BCUT2D eigenvalue weighted by molar-refractivity contribution is 0.0689. The van der Waals surface area contributed by atoms with Crippen LogP contribution in [-0.4, -0.2) is 32.0 Å². The highest BCUT2D eigenvalue weighted by atomic mass is 35.5. The van der Waals surface area contributed by atoms with Crippen LogP contribution in [0.3, 0.4) is 0 Å². The molecule has 2 N–H and O–H groups in total. The molecule has 184 valence electrons. The van der Waals surface area contributed by atoms with E-state index < -0.39 is 11.6 Å². The van der Waals surface area contributed by atoms with E-state index in [0.717, 1.165) is 5.56 Å². The lowest BCUT2D eigenvalue weighted by Gasteiger charge is -2.29. The third kappa shape index (κ3) is 4.80. The second-order valence-electron chi connectivity index (χ2n) is 8.40. The van der Waals surface area contributed by atoms with Gasteiger partial charge in [0, 0.05) is 43.2 Å². The molecule has 0 saturated heterocycles. The highest BCUT2D eigenvalue weighted by Gasteiger charge is 2.27. The third-order valence-corrected chi connectivity index (χ3v) is 6.69. The number of aliphatic hydroxyl groups is 1. The van der Waals surface area contributed by atoms with Gasteiger partial charge in [-0.1, -0.05) is 29.3 Å². The number of hydrogen-bond acceptors (Lipinski definition) is 4. The average molecular weight is 529 g/mol. The molecule has 0 radical (unpaired) electrons. The minimum absolute atomic E-state index is 0.190. The Hall–Kier alpha value is -3.46. The summed E-state index contributed by atoms with van der Waals surface area (Å²) in [4.78, 5) is 19.2. The van der Waals surface area contributed by atoms with Crippen LogP contribution in [0.5, 0.6) is 0 Å². The standard InChI is InChI=1S/C26H20Cl2F2N4O2/c27-21-9-19(30)3-4-23(21)32-25-10-20(22(28)11-31-25)17-8-24-26(36)34(6-5-33(24)13-17)12-16-7-18(29)2-1-15(16)14-35/h1-4,7-11,13,35H,5-6,12,14H2,(H,31,32). The number of carbonyl (C=O) groups excluding carboxylic acids is 1. The predicted molar refractivity (Wildman–Crippen MR) is 134 cm³/mol. The van der Waals surface area contributed by atoms with Crippen LogP contribution in [0.1, 0.15) is 21.6 Å². The van der Waals surface area contributed by atoms with E-state index in [2.05, 4.69) is 10.3 Å². The summed E-state index contributed by atoms with van der Waals surface area (Å²) < 4.78 is 29.0. The molecule has 0 atom stereocenters. The van der Waals surface area contributed by atoms with E-state index in [1.807, 2.05) is 10.8 Å². The number of aliphatic hydroxyl groups excluding tert-OH is 1. The van der Waals surface area contributed by atoms with Crippen LogP contribution in [-0.2, 0) is 19.7 Å². The van der Waals surface area contributed by atoms with Gasteiger partial charge in [0.05, 0.1) is 22.3 Å². The van der Waals surface area contributed by atoms with Crippen molar-refractivity contribution in [3.63, 3.8) is 0 Å². The summed E-state index contributed by atoms with van der Waals surface area (Å²) in [6.07, 6.45) is 3.34. The molecule has 0 saturated carbocycles. The number of nitrogens with zero attached hydrogens (tertiary/aromatic N) is 3. The Labute approximate surface area is 215 Å². The molecule has 0 fully saturated rings. The summed E-state index contributed by atoms with van der Waals surface area (Å²) in [7, 11) is 0. The number of hydrogen-bond donors (Lipinski definition) is 2. The van der Waals surface area contributed by atoms with E-state index in [9.17, 15) is 18.7 Å². The SMILES string of the molecule is O=C1c2cc(-c3cc(Nc4ccc(F)cc4Cl)ncc3Cl)cn2CCN1Cc1cc(F)ccc1CO. The molecule has 0 aliphatic carbocycles. The average Bonchev–Trinajstić information content (AvgIpc) is 3.29. The Morgan fingerprint density at radius 1 is 0.972 bits per heavy atom. The monoisotopic (exact) mass is 528 g/mol. The molecule has 10 heteroatoms. The van der Waals surface area contributed by atoms with E-state index >= 15 is 0 Å². The highest BCUT2D eigenvalue weighted by Crippen LogP contribution is 2.34. The van der Waals surface area contributed by atoms with Crippen molar-refractivity contribution in [2.75, 3.05) is 11.9 Å². The fraction of sp³-hybridized carbons (Fsp3) is 0.154. The van der Waals surface area contributed by atoms with Gasteiger partial charge in [-0.3, -0.25) is 4.79 Å². The third-order valence-electron chi connectivity index (χ3n) is 6.07. The minimum Gasteiger partial charge on any atom is -0.392 e. The van der Waals surface area contributed by atoms with Crippen LogP contribution in [0.2, 0.25) is 10.0 Å². The Morgan fingerprint density at radius 3 is 2.53 bits per heavy atom. The maximum absolute atomic E-state index is 13.8. The largest absolute Gasteiger partial charge is 0.392 e. The van der Waals surface area contributed by atoms with Crippen LogP contribution in [0, 0.1) is 11.6 Å². The van der Waals surface area contributed by atoms with Gasteiger partial charge in [0.2, 0.25) is 0 Å². The van der Waals surface area contributed by atoms with Gasteiger partial charge < -0.3 is 19.9 Å². The van der Waals surface area contributed by atoms with Crippen molar-refractivity contribution in [1.29, 1.82) is 0 Å². The number of rotatable bonds is 6. The summed E-state index contributed by atoms with van der Waals surface area (Å²) in [6.45, 7) is 0.929. The Balaban J connectivity index is 1.41. The van der Waals surface area contributed by atoms with Gasteiger partial charge in [-0.25, -0.2) is 13.8 Å². The molecule has 0 bridgehead atoms. The normalized spacial score (nSPS) is 13.1. The van der Waals surface area contributed by atoms with E-state index in [1.54, 1.807) is 17.0 Å². The molecular weight excluding hydrogens is 509 g/mol. The number of anilines is 2. The smallest absolute Gasteiger partial charge is 0.270 e. The van der Waals surface area contributed by atoms with Gasteiger partial charge in [0.15, 0.2) is 0 Å². The van der Waals surface area contributed by atoms with Gasteiger partial charge >= 0.3 is 0 Å². The quantitative estimate of drug-likeness (QED) is 0.320. The summed E-state index contributed by atoms with van der Waals surface area (Å²) in [5.74, 6) is -0.626. The van der Waals surface area contributed by atoms with Crippen LogP contribution in [0.15, 0.2) is 60.9 Å². The maximum atomic E-state index is 13.8. The van der Waals surface area contributed by atoms with Crippen LogP contribution < -0.4 is 5.32 Å². The van der Waals surface area contributed by atoms with Crippen molar-refractivity contribution in [3.8, 4) is 11.1 Å². The molecule has 1 amide bonds. The zero-order valence-corrected chi connectivity index (χ0v) is 20.3. The van der Waals surface area contributed by atoms with Gasteiger partial charge in [0.25, 0.3) is 5.91 Å². The number of halogens is 4. The number of amides is 1. The molecule has 2 aromatic heterocycles. The molecule has 0 spiro atoms. The van der Waals surface area contributed by atoms with Crippen molar-refractivity contribution in [1.82, 2.24) is 14.5 Å². The Bertz CT molecular complexity index is 1470. The van der Waals surface area contributed by atoms with Gasteiger partial charge in [-0.05, 0) is 53.6 Å². The number of benzene rings is 2. The van der Waals surface area contributed by atoms with Crippen molar-refractivity contribution in [2.24, 2.45) is 0 Å². The molecule has 3 heterocycles. The molecule has 6 nitrogen and oxygen atoms in total. The van der Waals surface area contributed by atoms with E-state index in [0.29, 0.717) is 52.0 Å². The number of aromatic nitrogens is 2. The van der Waals surface area contributed by atoms with Gasteiger partial charge in [0.1, 0.15) is 23.1 Å². The topological polar surface area (TPSA) is 70.4 Å². The van der Waals surface area contributed by atoms with Gasteiger partial charge in [-0.15, -0.1) is 0 Å². The lowest BCUT2D eigenvalue weighted by Crippen LogP contribution is -2.39. The van der Waals surface area contributed by atoms with Crippen LogP contribution in [0.4, 0.5) is 20.3 Å². The summed E-state index contributed by atoms with van der Waals surface area (Å²) in [5.41, 5.74) is 3.49. The molecular formula is C26H20Cl2F2N4O2. The first kappa shape index (κ1) is 24.2. The van der Waals surface area contributed by atoms with Crippen molar-refractivity contribution < 1.29 is 18.7 Å². The molecule has 1 aliphatic rings. The summed E-state index contributed by atoms with van der Waals surface area (Å²) in [6, 6.07) is 11.6. The summed E-state index contributed by atoms with van der Waals surface area (Å²) in [5, 5.41) is 13.2. The van der Waals surface area contributed by atoms with Crippen molar-refractivity contribution >= 4 is 40.6 Å². The fourth-order valence-electron chi connectivity index (χ4n) is 4.22. The zero-order chi connectivity index (χ0) is 25.4. The molecule has 5 rings (SSSR count). The van der Waals surface area contributed by atoms with E-state index in [4.69, 9.17) is 23.2 Å². The first-order valence-electron chi connectivity index (χ1n) is 11.1. The number of carbonyl (C=O) groups is 1. The molecule has 1 aliphatic heterocycles. The van der Waals surface area contributed by atoms with Crippen LogP contribution >= 0.6 is 23.2 Å². The molecule has 4 aromatic rings. The number of fused-ring (bicyclic) bond motifs is 1. The first-order valence-corrected chi connectivity index (χ1v) is 11.8. The second-order valence-corrected chi connectivity index (χ2v) is 9.22. The minimum atomic E-state index is -0.446. The Morgan fingerprint density at radius 2 is 1.75 bits per heavy atom. The van der Waals surface area contributed by atoms with Gasteiger partial charge in [-0.2, -0.15) is 0 Å². The maximum Gasteiger partial charge on any atom is 0.270 e. The predicted octanol–water partition coefficient (Wildman–Crippen LogP) is 6.03. The van der Waals surface area contributed by atoms with E-state index in [1.165, 1.54) is 42.6 Å². The zero-order valence-electron chi connectivity index (χ0n) is 18.8. The number of pyridine rings is 1. The van der Waals surface area contributed by atoms with Crippen molar-refractivity contribution in [2.45, 2.75) is 19.7 Å². The summed E-state index contributed by atoms with van der Waals surface area (Å²) >= 11 is 12.6. The molecule has 0 unspecified atom stereocenters. The highest BCUT2D eigenvalue weighted by molar-refractivity contribution is 6.34. The lowest BCUT2D eigenvalue weighted by atomic mass is 10.1. The Kier molecular flexibility index (Phi) is 6.66. The molecule has 2 aromatic carbocycles.